The largest absolute Gasteiger partial charge is 0.387 e. The van der Waals surface area contributed by atoms with Gasteiger partial charge in [0, 0.05) is 0 Å². The van der Waals surface area contributed by atoms with E-state index in [0.29, 0.717) is 0 Å². The zero-order chi connectivity index (χ0) is 25.6. The number of aryl methyl sites for hydroxylation is 2. The van der Waals surface area contributed by atoms with Crippen LogP contribution < -0.4 is 0 Å². The fraction of sp³-hybridized carbons (Fsp3) is 0.478. The average molecular weight is 529 g/mol. The van der Waals surface area contributed by atoms with Gasteiger partial charge in [0.2, 0.25) is 0 Å². The summed E-state index contributed by atoms with van der Waals surface area (Å²) in [4.78, 5) is -0.253. The van der Waals surface area contributed by atoms with Gasteiger partial charge >= 0.3 is 0 Å². The molecule has 0 amide bonds. The molecular weight excluding hydrogens is 500 g/mol. The van der Waals surface area contributed by atoms with Crippen LogP contribution in [0.3, 0.4) is 0 Å². The van der Waals surface area contributed by atoms with Gasteiger partial charge in [-0.2, -0.15) is 16.8 Å². The number of benzene rings is 2. The molecule has 0 spiro atoms. The normalized spacial score (nSPS) is 27.0. The Bertz CT molecular complexity index is 1250. The Labute approximate surface area is 205 Å². The first-order chi connectivity index (χ1) is 16.3. The Hall–Kier alpha value is -1.90. The third-order valence-corrected chi connectivity index (χ3v) is 8.32. The summed E-state index contributed by atoms with van der Waals surface area (Å²) < 4.78 is 78.9. The van der Waals surface area contributed by atoms with Gasteiger partial charge in [-0.1, -0.05) is 35.4 Å². The maximum Gasteiger partial charge on any atom is 0.297 e. The van der Waals surface area contributed by atoms with Crippen LogP contribution in [-0.2, 0) is 42.8 Å². The van der Waals surface area contributed by atoms with Gasteiger partial charge < -0.3 is 19.3 Å². The van der Waals surface area contributed by atoms with Crippen LogP contribution in [0.15, 0.2) is 58.3 Å². The molecule has 2 aliphatic rings. The highest BCUT2D eigenvalue weighted by Crippen LogP contribution is 2.39. The topological polar surface area (TPSA) is 135 Å². The lowest BCUT2D eigenvalue weighted by atomic mass is 10.1. The Morgan fingerprint density at radius 2 is 1.40 bits per heavy atom. The molecule has 0 saturated carbocycles. The second-order valence-electron chi connectivity index (χ2n) is 9.01. The van der Waals surface area contributed by atoms with Gasteiger partial charge in [-0.15, -0.1) is 0 Å². The van der Waals surface area contributed by atoms with E-state index in [1.54, 1.807) is 52.0 Å². The van der Waals surface area contributed by atoms with Crippen molar-refractivity contribution in [2.24, 2.45) is 0 Å². The number of rotatable bonds is 8. The number of ether oxygens (including phenoxy) is 3. The summed E-state index contributed by atoms with van der Waals surface area (Å²) in [6.07, 6.45) is -6.12. The molecule has 4 rings (SSSR count). The molecule has 2 fully saturated rings. The van der Waals surface area contributed by atoms with Crippen molar-refractivity contribution < 1.29 is 44.5 Å². The molecule has 0 unspecified atom stereocenters. The standard InChI is InChI=1S/C23H28O10S2/c1-14-5-9-16(10-6-14)34(25,26)29-13-18(33-35(27,28)17-11-7-15(2)8-12-17)20-19(24)21-22(30-20)32-23(3,4)31-21/h5-12,18-22,24H,13H2,1-4H3/t18-,19+,20+,21+,22+/m0/s1. The first-order valence-electron chi connectivity index (χ1n) is 10.9. The monoisotopic (exact) mass is 528 g/mol. The van der Waals surface area contributed by atoms with E-state index in [9.17, 15) is 21.9 Å². The van der Waals surface area contributed by atoms with Gasteiger partial charge in [0.15, 0.2) is 12.1 Å². The van der Waals surface area contributed by atoms with Crippen molar-refractivity contribution in [2.75, 3.05) is 6.61 Å². The fourth-order valence-corrected chi connectivity index (χ4v) is 5.84. The van der Waals surface area contributed by atoms with E-state index < -0.39 is 63.3 Å². The van der Waals surface area contributed by atoms with Crippen LogP contribution in [-0.4, -0.2) is 65.0 Å². The van der Waals surface area contributed by atoms with E-state index in [0.717, 1.165) is 11.1 Å². The molecule has 0 radical (unpaired) electrons. The van der Waals surface area contributed by atoms with Gasteiger partial charge in [0.05, 0.1) is 16.4 Å². The third-order valence-electron chi connectivity index (χ3n) is 5.68. The van der Waals surface area contributed by atoms with Crippen LogP contribution in [0.5, 0.6) is 0 Å². The summed E-state index contributed by atoms with van der Waals surface area (Å²) in [7, 11) is -8.63. The molecule has 2 heterocycles. The van der Waals surface area contributed by atoms with Gasteiger partial charge in [0.1, 0.15) is 24.4 Å². The lowest BCUT2D eigenvalue weighted by Gasteiger charge is -2.28. The van der Waals surface area contributed by atoms with E-state index >= 15 is 0 Å². The highest BCUT2D eigenvalue weighted by molar-refractivity contribution is 7.87. The first kappa shape index (κ1) is 26.2. The summed E-state index contributed by atoms with van der Waals surface area (Å²) in [5, 5.41) is 10.8. The molecular formula is C23H28O10S2. The van der Waals surface area contributed by atoms with Crippen LogP contribution in [0.25, 0.3) is 0 Å². The van der Waals surface area contributed by atoms with E-state index in [1.807, 2.05) is 0 Å². The number of aliphatic hydroxyl groups is 1. The van der Waals surface area contributed by atoms with Crippen LogP contribution in [0, 0.1) is 13.8 Å². The predicted molar refractivity (Wildman–Crippen MR) is 122 cm³/mol. The molecule has 12 heteroatoms. The van der Waals surface area contributed by atoms with E-state index in [-0.39, 0.29) is 9.79 Å². The number of fused-ring (bicyclic) bond motifs is 1. The molecule has 1 N–H and O–H groups in total. The van der Waals surface area contributed by atoms with Crippen molar-refractivity contribution in [3.8, 4) is 0 Å². The molecule has 2 aromatic carbocycles. The minimum atomic E-state index is -4.37. The van der Waals surface area contributed by atoms with Gasteiger partial charge in [0.25, 0.3) is 20.2 Å². The van der Waals surface area contributed by atoms with Gasteiger partial charge in [-0.05, 0) is 52.0 Å². The van der Waals surface area contributed by atoms with Crippen LogP contribution in [0.2, 0.25) is 0 Å². The molecule has 2 aromatic rings. The highest BCUT2D eigenvalue weighted by atomic mass is 32.2. The Kier molecular flexibility index (Phi) is 7.12. The fourth-order valence-electron chi connectivity index (χ4n) is 3.85. The van der Waals surface area contributed by atoms with Crippen molar-refractivity contribution in [2.45, 2.75) is 74.0 Å². The summed E-state index contributed by atoms with van der Waals surface area (Å²) in [5.41, 5.74) is 1.69. The van der Waals surface area contributed by atoms with Crippen molar-refractivity contribution in [3.63, 3.8) is 0 Å². The zero-order valence-electron chi connectivity index (χ0n) is 19.7. The molecule has 2 aliphatic heterocycles. The number of hydrogen-bond acceptors (Lipinski definition) is 10. The predicted octanol–water partition coefficient (Wildman–Crippen LogP) is 2.02. The Morgan fingerprint density at radius 1 is 0.886 bits per heavy atom. The van der Waals surface area contributed by atoms with Crippen molar-refractivity contribution in [1.29, 1.82) is 0 Å². The first-order valence-corrected chi connectivity index (χ1v) is 13.7. The molecule has 0 bridgehead atoms. The second kappa shape index (κ2) is 9.52. The summed E-state index contributed by atoms with van der Waals surface area (Å²) >= 11 is 0. The van der Waals surface area contributed by atoms with Crippen molar-refractivity contribution >= 4 is 20.2 Å². The van der Waals surface area contributed by atoms with Crippen LogP contribution >= 0.6 is 0 Å². The summed E-state index contributed by atoms with van der Waals surface area (Å²) in [6, 6.07) is 11.9. The van der Waals surface area contributed by atoms with Gasteiger partial charge in [-0.3, -0.25) is 8.37 Å². The van der Waals surface area contributed by atoms with Crippen LogP contribution in [0.1, 0.15) is 25.0 Å². The second-order valence-corrected chi connectivity index (χ2v) is 12.2. The zero-order valence-corrected chi connectivity index (χ0v) is 21.3. The lowest BCUT2D eigenvalue weighted by molar-refractivity contribution is -0.225. The summed E-state index contributed by atoms with van der Waals surface area (Å²) in [5.74, 6) is -1.02. The van der Waals surface area contributed by atoms with Crippen molar-refractivity contribution in [1.82, 2.24) is 0 Å². The lowest BCUT2D eigenvalue weighted by Crippen LogP contribution is -2.45. The minimum absolute atomic E-state index is 0.110. The molecule has 2 saturated heterocycles. The van der Waals surface area contributed by atoms with Crippen molar-refractivity contribution in [3.05, 3.63) is 59.7 Å². The maximum absolute atomic E-state index is 13.0. The Morgan fingerprint density at radius 3 is 1.91 bits per heavy atom. The minimum Gasteiger partial charge on any atom is -0.387 e. The number of aliphatic hydroxyl groups excluding tert-OH is 1. The molecule has 0 aromatic heterocycles. The van der Waals surface area contributed by atoms with Crippen LogP contribution in [0.4, 0.5) is 0 Å². The molecule has 10 nitrogen and oxygen atoms in total. The summed E-state index contributed by atoms with van der Waals surface area (Å²) in [6.45, 7) is 6.14. The average Bonchev–Trinajstić information content (AvgIpc) is 3.24. The smallest absolute Gasteiger partial charge is 0.297 e. The van der Waals surface area contributed by atoms with Gasteiger partial charge in [-0.25, -0.2) is 0 Å². The van der Waals surface area contributed by atoms with E-state index in [4.69, 9.17) is 22.6 Å². The van der Waals surface area contributed by atoms with E-state index in [1.165, 1.54) is 24.3 Å². The van der Waals surface area contributed by atoms with E-state index in [2.05, 4.69) is 0 Å². The third kappa shape index (κ3) is 5.75. The quantitative estimate of drug-likeness (QED) is 0.507. The number of hydrogen-bond donors (Lipinski definition) is 1. The Balaban J connectivity index is 1.58. The highest BCUT2D eigenvalue weighted by Gasteiger charge is 2.57. The molecule has 192 valence electrons. The molecule has 5 atom stereocenters. The molecule has 35 heavy (non-hydrogen) atoms. The SMILES string of the molecule is Cc1ccc(S(=O)(=O)OC[C@H](OS(=O)(=O)c2ccc(C)cc2)[C@H]2O[C@@H]3OC(C)(C)O[C@@H]3[C@@H]2O)cc1. The maximum atomic E-state index is 13.0. The molecule has 0 aliphatic carbocycles.